The highest BCUT2D eigenvalue weighted by Gasteiger charge is 2.17. The average molecular weight is 301 g/mol. The molecule has 0 heteroatoms. The van der Waals surface area contributed by atoms with Crippen molar-refractivity contribution in [2.75, 3.05) is 0 Å². The molecule has 0 heterocycles. The van der Waals surface area contributed by atoms with Crippen LogP contribution >= 0.6 is 0 Å². The maximum atomic E-state index is 2.34. The van der Waals surface area contributed by atoms with Gasteiger partial charge in [-0.05, 0) is 23.7 Å². The number of rotatable bonds is 2. The molecule has 0 aromatic heterocycles. The van der Waals surface area contributed by atoms with Crippen LogP contribution in [-0.2, 0) is 0 Å². The lowest BCUT2D eigenvalue weighted by molar-refractivity contribution is 0.396. The molecule has 21 heavy (non-hydrogen) atoms. The fourth-order valence-electron chi connectivity index (χ4n) is 3.25. The van der Waals surface area contributed by atoms with Crippen molar-refractivity contribution >= 4 is 0 Å². The summed E-state index contributed by atoms with van der Waals surface area (Å²) in [5.74, 6) is 4.01. The van der Waals surface area contributed by atoms with Crippen molar-refractivity contribution < 1.29 is 0 Å². The molecule has 0 N–H and O–H groups in total. The van der Waals surface area contributed by atoms with E-state index < -0.39 is 0 Å². The SMILES string of the molecule is C.CC.CC.CC(C)C1CCCC1.CC(C)C1CCCC1. The molecule has 0 radical (unpaired) electrons. The van der Waals surface area contributed by atoms with Crippen LogP contribution in [0.1, 0.15) is 114 Å². The minimum atomic E-state index is 0. The molecule has 0 bridgehead atoms. The van der Waals surface area contributed by atoms with E-state index in [0.717, 1.165) is 23.7 Å². The van der Waals surface area contributed by atoms with Crippen LogP contribution in [0, 0.1) is 23.7 Å². The molecule has 2 aliphatic carbocycles. The molecule has 2 rings (SSSR count). The Morgan fingerprint density at radius 1 is 0.524 bits per heavy atom. The van der Waals surface area contributed by atoms with Crippen LogP contribution in [0.5, 0.6) is 0 Å². The Morgan fingerprint density at radius 2 is 0.714 bits per heavy atom. The topological polar surface area (TPSA) is 0 Å². The van der Waals surface area contributed by atoms with Crippen molar-refractivity contribution in [2.24, 2.45) is 23.7 Å². The van der Waals surface area contributed by atoms with E-state index in [-0.39, 0.29) is 7.43 Å². The highest BCUT2D eigenvalue weighted by atomic mass is 14.2. The molecule has 0 spiro atoms. The number of hydrogen-bond acceptors (Lipinski definition) is 0. The summed E-state index contributed by atoms with van der Waals surface area (Å²) in [4.78, 5) is 0. The summed E-state index contributed by atoms with van der Waals surface area (Å²) < 4.78 is 0. The molecule has 0 amide bonds. The molecular weight excluding hydrogens is 252 g/mol. The van der Waals surface area contributed by atoms with Gasteiger partial charge in [0.15, 0.2) is 0 Å². The summed E-state index contributed by atoms with van der Waals surface area (Å²) in [6.45, 7) is 17.4. The molecule has 0 aromatic rings. The van der Waals surface area contributed by atoms with E-state index in [1.54, 1.807) is 0 Å². The Labute approximate surface area is 138 Å². The Balaban J connectivity index is -0.000000240. The second-order valence-electron chi connectivity index (χ2n) is 6.58. The molecule has 132 valence electrons. The van der Waals surface area contributed by atoms with Gasteiger partial charge in [0.1, 0.15) is 0 Å². The lowest BCUT2D eigenvalue weighted by Gasteiger charge is -2.11. The van der Waals surface area contributed by atoms with Crippen LogP contribution < -0.4 is 0 Å². The average Bonchev–Trinajstić information content (AvgIpc) is 3.17. The molecule has 0 saturated heterocycles. The van der Waals surface area contributed by atoms with Crippen LogP contribution in [0.3, 0.4) is 0 Å². The zero-order valence-corrected chi connectivity index (χ0v) is 16.0. The first kappa shape index (κ1) is 25.9. The van der Waals surface area contributed by atoms with Crippen LogP contribution in [0.2, 0.25) is 0 Å². The summed E-state index contributed by atoms with van der Waals surface area (Å²) >= 11 is 0. The Bertz CT molecular complexity index is 137. The first-order chi connectivity index (χ1) is 9.61. The van der Waals surface area contributed by atoms with Crippen molar-refractivity contribution in [1.29, 1.82) is 0 Å². The van der Waals surface area contributed by atoms with E-state index in [9.17, 15) is 0 Å². The van der Waals surface area contributed by atoms with Crippen molar-refractivity contribution in [1.82, 2.24) is 0 Å². The zero-order chi connectivity index (χ0) is 16.0. The van der Waals surface area contributed by atoms with E-state index in [4.69, 9.17) is 0 Å². The monoisotopic (exact) mass is 300 g/mol. The minimum Gasteiger partial charge on any atom is -0.0776 e. The van der Waals surface area contributed by atoms with Crippen LogP contribution in [0.15, 0.2) is 0 Å². The van der Waals surface area contributed by atoms with E-state index in [1.807, 2.05) is 27.7 Å². The largest absolute Gasteiger partial charge is 0.0776 e. The third-order valence-electron chi connectivity index (χ3n) is 4.69. The normalized spacial score (nSPS) is 18.0. The molecule has 2 aliphatic rings. The van der Waals surface area contributed by atoms with E-state index in [2.05, 4.69) is 27.7 Å². The maximum absolute atomic E-state index is 2.34. The lowest BCUT2D eigenvalue weighted by Crippen LogP contribution is -2.01. The van der Waals surface area contributed by atoms with E-state index in [0.29, 0.717) is 0 Å². The Hall–Kier alpha value is 0. The van der Waals surface area contributed by atoms with Crippen molar-refractivity contribution in [2.45, 2.75) is 114 Å². The lowest BCUT2D eigenvalue weighted by atomic mass is 9.95. The molecular formula is C21H48. The quantitative estimate of drug-likeness (QED) is 0.480. The zero-order valence-electron chi connectivity index (χ0n) is 16.0. The third-order valence-corrected chi connectivity index (χ3v) is 4.69. The Morgan fingerprint density at radius 3 is 0.810 bits per heavy atom. The molecule has 0 unspecified atom stereocenters. The third kappa shape index (κ3) is 13.4. The second-order valence-corrected chi connectivity index (χ2v) is 6.58. The van der Waals surface area contributed by atoms with Gasteiger partial charge in [0.05, 0.1) is 0 Å². The first-order valence-electron chi connectivity index (χ1n) is 9.61. The highest BCUT2D eigenvalue weighted by Crippen LogP contribution is 2.31. The molecule has 0 aliphatic heterocycles. The van der Waals surface area contributed by atoms with Crippen molar-refractivity contribution in [3.8, 4) is 0 Å². The summed E-state index contributed by atoms with van der Waals surface area (Å²) in [5.41, 5.74) is 0. The fraction of sp³-hybridized carbons (Fsp3) is 1.00. The number of hydrogen-bond donors (Lipinski definition) is 0. The molecule has 2 fully saturated rings. The second kappa shape index (κ2) is 18.1. The predicted molar refractivity (Wildman–Crippen MR) is 103 cm³/mol. The van der Waals surface area contributed by atoms with Gasteiger partial charge in [-0.2, -0.15) is 0 Å². The van der Waals surface area contributed by atoms with Crippen molar-refractivity contribution in [3.63, 3.8) is 0 Å². The minimum absolute atomic E-state index is 0. The van der Waals surface area contributed by atoms with Crippen LogP contribution in [0.4, 0.5) is 0 Å². The van der Waals surface area contributed by atoms with Gasteiger partial charge in [-0.15, -0.1) is 0 Å². The van der Waals surface area contributed by atoms with Gasteiger partial charge < -0.3 is 0 Å². The summed E-state index contributed by atoms with van der Waals surface area (Å²) in [6.07, 6.45) is 11.9. The van der Waals surface area contributed by atoms with Gasteiger partial charge in [0.25, 0.3) is 0 Å². The summed E-state index contributed by atoms with van der Waals surface area (Å²) in [5, 5.41) is 0. The van der Waals surface area contributed by atoms with Gasteiger partial charge >= 0.3 is 0 Å². The predicted octanol–water partition coefficient (Wildman–Crippen LogP) is 8.35. The molecule has 2 saturated carbocycles. The Kier molecular flexibility index (Phi) is 22.3. The highest BCUT2D eigenvalue weighted by molar-refractivity contribution is 4.69. The van der Waals surface area contributed by atoms with Gasteiger partial charge in [0, 0.05) is 0 Å². The van der Waals surface area contributed by atoms with Gasteiger partial charge in [0.2, 0.25) is 0 Å². The van der Waals surface area contributed by atoms with Crippen LogP contribution in [-0.4, -0.2) is 0 Å². The standard InChI is InChI=1S/2C8H16.2C2H6.CH4/c2*1-7(2)8-5-3-4-6-8;2*1-2;/h2*7-8H,3-6H2,1-2H3;2*1-2H3;1H4. The van der Waals surface area contributed by atoms with Gasteiger partial charge in [-0.25, -0.2) is 0 Å². The smallest absolute Gasteiger partial charge is 0.0391 e. The summed E-state index contributed by atoms with van der Waals surface area (Å²) in [6, 6.07) is 0. The van der Waals surface area contributed by atoms with E-state index in [1.165, 1.54) is 51.4 Å². The molecule has 0 nitrogen and oxygen atoms in total. The molecule has 0 atom stereocenters. The molecule has 0 aromatic carbocycles. The fourth-order valence-corrected chi connectivity index (χ4v) is 3.25. The summed E-state index contributed by atoms with van der Waals surface area (Å²) in [7, 11) is 0. The maximum Gasteiger partial charge on any atom is -0.0391 e. The van der Waals surface area contributed by atoms with Crippen molar-refractivity contribution in [3.05, 3.63) is 0 Å². The van der Waals surface area contributed by atoms with Crippen LogP contribution in [0.25, 0.3) is 0 Å². The first-order valence-corrected chi connectivity index (χ1v) is 9.61. The van der Waals surface area contributed by atoms with E-state index >= 15 is 0 Å². The van der Waals surface area contributed by atoms with Gasteiger partial charge in [-0.1, -0.05) is 114 Å². The van der Waals surface area contributed by atoms with Gasteiger partial charge in [-0.3, -0.25) is 0 Å².